The van der Waals surface area contributed by atoms with E-state index < -0.39 is 0 Å². The normalized spacial score (nSPS) is 37.0. The van der Waals surface area contributed by atoms with E-state index in [1.54, 1.807) is 7.11 Å². The smallest absolute Gasteiger partial charge is 0.223 e. The molecule has 3 N–H and O–H groups in total. The molecule has 4 heteroatoms. The maximum Gasteiger partial charge on any atom is 0.223 e. The molecule has 2 saturated carbocycles. The standard InChI is InChI=1S/C15H28N2O2/c1-10(11-5-3-6-12(16)9-11)15(18)17-13-7-4-8-14(13)19-2/h10-14H,3-9,16H2,1-2H3,(H,17,18). The molecule has 2 fully saturated rings. The van der Waals surface area contributed by atoms with Crippen molar-refractivity contribution >= 4 is 5.91 Å². The van der Waals surface area contributed by atoms with Gasteiger partial charge in [0.2, 0.25) is 5.91 Å². The second-order valence-corrected chi connectivity index (χ2v) is 6.30. The van der Waals surface area contributed by atoms with E-state index in [0.717, 1.165) is 44.9 Å². The van der Waals surface area contributed by atoms with Crippen LogP contribution in [0.1, 0.15) is 51.9 Å². The van der Waals surface area contributed by atoms with Gasteiger partial charge in [-0.2, -0.15) is 0 Å². The van der Waals surface area contributed by atoms with Gasteiger partial charge in [0.05, 0.1) is 12.1 Å². The Morgan fingerprint density at radius 1 is 1.26 bits per heavy atom. The number of carbonyl (C=O) groups excluding carboxylic acids is 1. The zero-order valence-corrected chi connectivity index (χ0v) is 12.2. The van der Waals surface area contributed by atoms with Crippen molar-refractivity contribution in [2.24, 2.45) is 17.6 Å². The lowest BCUT2D eigenvalue weighted by Gasteiger charge is -2.31. The predicted molar refractivity (Wildman–Crippen MR) is 75.7 cm³/mol. The Kier molecular flexibility index (Phi) is 5.22. The maximum absolute atomic E-state index is 12.4. The Hall–Kier alpha value is -0.610. The van der Waals surface area contributed by atoms with Crippen molar-refractivity contribution in [3.8, 4) is 0 Å². The zero-order valence-electron chi connectivity index (χ0n) is 12.2. The van der Waals surface area contributed by atoms with Crippen molar-refractivity contribution in [3.63, 3.8) is 0 Å². The maximum atomic E-state index is 12.4. The van der Waals surface area contributed by atoms with Gasteiger partial charge >= 0.3 is 0 Å². The van der Waals surface area contributed by atoms with Gasteiger partial charge in [-0.3, -0.25) is 4.79 Å². The van der Waals surface area contributed by atoms with E-state index >= 15 is 0 Å². The summed E-state index contributed by atoms with van der Waals surface area (Å²) in [6.07, 6.45) is 7.85. The van der Waals surface area contributed by atoms with Gasteiger partial charge in [-0.05, 0) is 44.4 Å². The molecule has 1 amide bonds. The second-order valence-electron chi connectivity index (χ2n) is 6.30. The van der Waals surface area contributed by atoms with Crippen molar-refractivity contribution in [2.45, 2.75) is 70.1 Å². The van der Waals surface area contributed by atoms with Gasteiger partial charge in [0.15, 0.2) is 0 Å². The Morgan fingerprint density at radius 3 is 2.68 bits per heavy atom. The highest BCUT2D eigenvalue weighted by Crippen LogP contribution is 2.30. The fraction of sp³-hybridized carbons (Fsp3) is 0.933. The van der Waals surface area contributed by atoms with E-state index in [4.69, 9.17) is 10.5 Å². The molecule has 0 radical (unpaired) electrons. The van der Waals surface area contributed by atoms with E-state index in [-0.39, 0.29) is 30.0 Å². The van der Waals surface area contributed by atoms with E-state index in [1.165, 1.54) is 0 Å². The highest BCUT2D eigenvalue weighted by Gasteiger charge is 2.33. The summed E-state index contributed by atoms with van der Waals surface area (Å²) >= 11 is 0. The fourth-order valence-corrected chi connectivity index (χ4v) is 3.62. The van der Waals surface area contributed by atoms with Crippen LogP contribution >= 0.6 is 0 Å². The summed E-state index contributed by atoms with van der Waals surface area (Å²) in [5.41, 5.74) is 6.02. The second kappa shape index (κ2) is 6.71. The van der Waals surface area contributed by atoms with Crippen LogP contribution in [-0.2, 0) is 9.53 Å². The third-order valence-corrected chi connectivity index (χ3v) is 4.96. The van der Waals surface area contributed by atoms with Gasteiger partial charge in [0.25, 0.3) is 0 Å². The highest BCUT2D eigenvalue weighted by molar-refractivity contribution is 5.79. The topological polar surface area (TPSA) is 64.3 Å². The molecule has 110 valence electrons. The lowest BCUT2D eigenvalue weighted by molar-refractivity contribution is -0.128. The Balaban J connectivity index is 1.84. The molecule has 2 rings (SSSR count). The van der Waals surface area contributed by atoms with E-state index in [2.05, 4.69) is 12.2 Å². The SMILES string of the molecule is COC1CCCC1NC(=O)C(C)C1CCCC(N)C1. The lowest BCUT2D eigenvalue weighted by atomic mass is 9.78. The molecule has 2 aliphatic carbocycles. The molecule has 0 bridgehead atoms. The molecule has 2 aliphatic rings. The summed E-state index contributed by atoms with van der Waals surface area (Å²) in [6.45, 7) is 2.05. The first kappa shape index (κ1) is 14.8. The van der Waals surface area contributed by atoms with Crippen molar-refractivity contribution in [2.75, 3.05) is 7.11 Å². The first-order chi connectivity index (χ1) is 9.11. The van der Waals surface area contributed by atoms with Crippen LogP contribution in [0.3, 0.4) is 0 Å². The van der Waals surface area contributed by atoms with Gasteiger partial charge in [0, 0.05) is 19.1 Å². The molecule has 0 aromatic carbocycles. The molecule has 4 nitrogen and oxygen atoms in total. The van der Waals surface area contributed by atoms with Gasteiger partial charge in [-0.25, -0.2) is 0 Å². The largest absolute Gasteiger partial charge is 0.379 e. The van der Waals surface area contributed by atoms with Crippen molar-refractivity contribution in [3.05, 3.63) is 0 Å². The minimum absolute atomic E-state index is 0.0736. The van der Waals surface area contributed by atoms with E-state index in [9.17, 15) is 4.79 Å². The first-order valence-corrected chi connectivity index (χ1v) is 7.70. The van der Waals surface area contributed by atoms with Crippen molar-refractivity contribution < 1.29 is 9.53 Å². The van der Waals surface area contributed by atoms with E-state index in [0.29, 0.717) is 5.92 Å². The molecule has 19 heavy (non-hydrogen) atoms. The molecule has 5 unspecified atom stereocenters. The number of nitrogens with two attached hydrogens (primary N) is 1. The third-order valence-electron chi connectivity index (χ3n) is 4.96. The Bertz CT molecular complexity index is 309. The van der Waals surface area contributed by atoms with Crippen LogP contribution in [0.5, 0.6) is 0 Å². The number of amides is 1. The van der Waals surface area contributed by atoms with Crippen molar-refractivity contribution in [1.82, 2.24) is 5.32 Å². The van der Waals surface area contributed by atoms with E-state index in [1.807, 2.05) is 0 Å². The quantitative estimate of drug-likeness (QED) is 0.817. The summed E-state index contributed by atoms with van der Waals surface area (Å²) in [7, 11) is 1.73. The summed E-state index contributed by atoms with van der Waals surface area (Å²) in [6, 6.07) is 0.490. The minimum atomic E-state index is 0.0736. The van der Waals surface area contributed by atoms with Crippen LogP contribution in [0.15, 0.2) is 0 Å². The molecular formula is C15H28N2O2. The average Bonchev–Trinajstić information content (AvgIpc) is 2.85. The summed E-state index contributed by atoms with van der Waals surface area (Å²) in [5.74, 6) is 0.712. The molecule has 0 saturated heterocycles. The van der Waals surface area contributed by atoms with Gasteiger partial charge in [-0.15, -0.1) is 0 Å². The van der Waals surface area contributed by atoms with Gasteiger partial charge in [0.1, 0.15) is 0 Å². The van der Waals surface area contributed by atoms with Crippen LogP contribution in [0.4, 0.5) is 0 Å². The third kappa shape index (κ3) is 3.69. The summed E-state index contributed by atoms with van der Waals surface area (Å²) in [5, 5.41) is 3.19. The predicted octanol–water partition coefficient (Wildman–Crippen LogP) is 1.82. The van der Waals surface area contributed by atoms with Gasteiger partial charge < -0.3 is 15.8 Å². The lowest BCUT2D eigenvalue weighted by Crippen LogP contribution is -2.45. The fourth-order valence-electron chi connectivity index (χ4n) is 3.62. The van der Waals surface area contributed by atoms with Crippen LogP contribution < -0.4 is 11.1 Å². The highest BCUT2D eigenvalue weighted by atomic mass is 16.5. The number of carbonyl (C=O) groups is 1. The number of hydrogen-bond donors (Lipinski definition) is 2. The number of rotatable bonds is 4. The molecular weight excluding hydrogens is 240 g/mol. The average molecular weight is 268 g/mol. The van der Waals surface area contributed by atoms with Gasteiger partial charge in [-0.1, -0.05) is 13.3 Å². The van der Waals surface area contributed by atoms with Crippen LogP contribution in [0.2, 0.25) is 0 Å². The summed E-state index contributed by atoms with van der Waals surface area (Å²) < 4.78 is 5.43. The Morgan fingerprint density at radius 2 is 2.00 bits per heavy atom. The molecule has 0 aliphatic heterocycles. The van der Waals surface area contributed by atoms with Crippen LogP contribution in [0.25, 0.3) is 0 Å². The summed E-state index contributed by atoms with van der Waals surface area (Å²) in [4.78, 5) is 12.4. The first-order valence-electron chi connectivity index (χ1n) is 7.70. The molecule has 5 atom stereocenters. The molecule has 0 heterocycles. The number of nitrogens with one attached hydrogen (secondary N) is 1. The van der Waals surface area contributed by atoms with Crippen LogP contribution in [0, 0.1) is 11.8 Å². The van der Waals surface area contributed by atoms with Crippen LogP contribution in [-0.4, -0.2) is 31.2 Å². The molecule has 0 aromatic heterocycles. The monoisotopic (exact) mass is 268 g/mol. The van der Waals surface area contributed by atoms with Crippen molar-refractivity contribution in [1.29, 1.82) is 0 Å². The molecule has 0 aromatic rings. The number of hydrogen-bond acceptors (Lipinski definition) is 3. The number of methoxy groups -OCH3 is 1. The molecule has 0 spiro atoms. The number of ether oxygens (including phenoxy) is 1. The Labute approximate surface area is 116 Å². The minimum Gasteiger partial charge on any atom is -0.379 e. The zero-order chi connectivity index (χ0) is 13.8.